The number of hydrogen-bond donors (Lipinski definition) is 0. The zero-order valence-electron chi connectivity index (χ0n) is 13.9. The Hall–Kier alpha value is -3.28. The lowest BCUT2D eigenvalue weighted by Crippen LogP contribution is -2.04. The summed E-state index contributed by atoms with van der Waals surface area (Å²) in [5, 5.41) is 0.970. The van der Waals surface area contributed by atoms with E-state index in [1.165, 1.54) is 31.4 Å². The Labute approximate surface area is 148 Å². The molecule has 0 atom stereocenters. The van der Waals surface area contributed by atoms with Crippen molar-refractivity contribution in [2.24, 2.45) is 0 Å². The summed E-state index contributed by atoms with van der Waals surface area (Å²) in [6, 6.07) is 13.5. The number of benzene rings is 2. The predicted molar refractivity (Wildman–Crippen MR) is 94.7 cm³/mol. The lowest BCUT2D eigenvalue weighted by molar-refractivity contribution is -0.0512. The van der Waals surface area contributed by atoms with Crippen molar-refractivity contribution >= 4 is 22.8 Å². The van der Waals surface area contributed by atoms with Gasteiger partial charge in [-0.3, -0.25) is 9.78 Å². The molecule has 0 amide bonds. The third-order valence-corrected chi connectivity index (χ3v) is 3.72. The van der Waals surface area contributed by atoms with E-state index in [4.69, 9.17) is 4.74 Å². The van der Waals surface area contributed by atoms with Crippen LogP contribution in [0.3, 0.4) is 0 Å². The molecule has 0 bridgehead atoms. The van der Waals surface area contributed by atoms with Gasteiger partial charge >= 0.3 is 6.61 Å². The quantitative estimate of drug-likeness (QED) is 0.473. The van der Waals surface area contributed by atoms with E-state index in [2.05, 4.69) is 9.72 Å². The first-order valence-corrected chi connectivity index (χ1v) is 7.77. The van der Waals surface area contributed by atoms with E-state index in [1.54, 1.807) is 12.3 Å². The van der Waals surface area contributed by atoms with Crippen LogP contribution in [0.1, 0.15) is 15.9 Å². The topological polar surface area (TPSA) is 48.4 Å². The molecule has 0 unspecified atom stereocenters. The Morgan fingerprint density at radius 1 is 1.12 bits per heavy atom. The van der Waals surface area contributed by atoms with Gasteiger partial charge in [0.2, 0.25) is 0 Å². The summed E-state index contributed by atoms with van der Waals surface area (Å²) in [6.45, 7) is -2.97. The normalized spacial score (nSPS) is 11.2. The molecule has 3 aromatic rings. The number of aromatic nitrogens is 1. The van der Waals surface area contributed by atoms with Crippen molar-refractivity contribution in [3.63, 3.8) is 0 Å². The first kappa shape index (κ1) is 17.5. The minimum Gasteiger partial charge on any atom is -0.493 e. The number of ether oxygens (including phenoxy) is 2. The van der Waals surface area contributed by atoms with Crippen molar-refractivity contribution in [3.8, 4) is 11.5 Å². The van der Waals surface area contributed by atoms with Crippen LogP contribution in [0, 0.1) is 0 Å². The number of nitrogens with zero attached hydrogens (tertiary/aromatic N) is 1. The summed E-state index contributed by atoms with van der Waals surface area (Å²) in [5.74, 6) is -0.329. The average molecular weight is 355 g/mol. The number of hydrogen-bond acceptors (Lipinski definition) is 4. The van der Waals surface area contributed by atoms with Gasteiger partial charge < -0.3 is 9.47 Å². The maximum absolute atomic E-state index is 12.4. The molecule has 0 spiro atoms. The van der Waals surface area contributed by atoms with E-state index in [1.807, 2.05) is 30.3 Å². The smallest absolute Gasteiger partial charge is 0.387 e. The minimum absolute atomic E-state index is 0.0707. The molecule has 2 aromatic carbocycles. The molecule has 0 saturated heterocycles. The molecule has 6 heteroatoms. The molecule has 4 nitrogen and oxygen atoms in total. The fourth-order valence-corrected chi connectivity index (χ4v) is 2.48. The Kier molecular flexibility index (Phi) is 5.22. The third kappa shape index (κ3) is 4.03. The second-order valence-electron chi connectivity index (χ2n) is 5.40. The molecule has 1 aromatic heterocycles. The third-order valence-electron chi connectivity index (χ3n) is 3.72. The number of ketones is 1. The van der Waals surface area contributed by atoms with Crippen LogP contribution in [-0.2, 0) is 0 Å². The molecule has 0 aliphatic heterocycles. The van der Waals surface area contributed by atoms with Crippen molar-refractivity contribution in [3.05, 3.63) is 71.9 Å². The van der Waals surface area contributed by atoms with E-state index in [0.717, 1.165) is 16.5 Å². The van der Waals surface area contributed by atoms with Crippen LogP contribution >= 0.6 is 0 Å². The van der Waals surface area contributed by atoms with E-state index < -0.39 is 6.61 Å². The number of allylic oxidation sites excluding steroid dienone is 1. The van der Waals surface area contributed by atoms with Crippen molar-refractivity contribution in [2.75, 3.05) is 7.11 Å². The van der Waals surface area contributed by atoms with Crippen molar-refractivity contribution in [1.29, 1.82) is 0 Å². The maximum Gasteiger partial charge on any atom is 0.387 e. The number of carbonyl (C=O) groups excluding carboxylic acids is 1. The summed E-state index contributed by atoms with van der Waals surface area (Å²) in [4.78, 5) is 16.6. The lowest BCUT2D eigenvalue weighted by Gasteiger charge is -2.10. The van der Waals surface area contributed by atoms with Gasteiger partial charge in [-0.15, -0.1) is 0 Å². The van der Waals surface area contributed by atoms with Gasteiger partial charge in [0.25, 0.3) is 0 Å². The molecule has 0 N–H and O–H groups in total. The highest BCUT2D eigenvalue weighted by atomic mass is 19.3. The van der Waals surface area contributed by atoms with Crippen LogP contribution in [0.25, 0.3) is 17.0 Å². The van der Waals surface area contributed by atoms with Gasteiger partial charge in [0.15, 0.2) is 17.3 Å². The summed E-state index contributed by atoms with van der Waals surface area (Å²) in [7, 11) is 1.32. The minimum atomic E-state index is -2.97. The second-order valence-corrected chi connectivity index (χ2v) is 5.40. The Morgan fingerprint density at radius 3 is 2.73 bits per heavy atom. The zero-order valence-corrected chi connectivity index (χ0v) is 13.9. The Balaban J connectivity index is 1.81. The van der Waals surface area contributed by atoms with E-state index in [0.29, 0.717) is 5.56 Å². The van der Waals surface area contributed by atoms with Crippen molar-refractivity contribution in [1.82, 2.24) is 4.98 Å². The molecular weight excluding hydrogens is 340 g/mol. The van der Waals surface area contributed by atoms with Gasteiger partial charge in [-0.25, -0.2) is 0 Å². The first-order chi connectivity index (χ1) is 12.6. The fraction of sp³-hybridized carbons (Fsp3) is 0.100. The van der Waals surface area contributed by atoms with Crippen LogP contribution in [0.15, 0.2) is 60.8 Å². The number of methoxy groups -OCH3 is 1. The molecule has 0 radical (unpaired) electrons. The highest BCUT2D eigenvalue weighted by Crippen LogP contribution is 2.29. The standard InChI is InChI=1S/C20H15F2NO3/c1-25-19-12-15(6-9-18(19)26-20(21)22)17(24)8-5-13-4-7-16-14(11-13)3-2-10-23-16/h2-12,20H,1H3/b8-5+. The van der Waals surface area contributed by atoms with E-state index in [-0.39, 0.29) is 17.3 Å². The highest BCUT2D eigenvalue weighted by Gasteiger charge is 2.13. The number of rotatable bonds is 6. The van der Waals surface area contributed by atoms with Gasteiger partial charge in [-0.05, 0) is 48.0 Å². The van der Waals surface area contributed by atoms with Crippen LogP contribution in [0.5, 0.6) is 11.5 Å². The molecule has 0 aliphatic carbocycles. The van der Waals surface area contributed by atoms with E-state index in [9.17, 15) is 13.6 Å². The van der Waals surface area contributed by atoms with Crippen LogP contribution < -0.4 is 9.47 Å². The molecule has 0 fully saturated rings. The summed E-state index contributed by atoms with van der Waals surface area (Å²) >= 11 is 0. The highest BCUT2D eigenvalue weighted by molar-refractivity contribution is 6.07. The summed E-state index contributed by atoms with van der Waals surface area (Å²) in [5.41, 5.74) is 2.03. The Bertz CT molecular complexity index is 970. The fourth-order valence-electron chi connectivity index (χ4n) is 2.48. The van der Waals surface area contributed by atoms with Crippen molar-refractivity contribution in [2.45, 2.75) is 6.61 Å². The van der Waals surface area contributed by atoms with Crippen LogP contribution in [-0.4, -0.2) is 24.5 Å². The SMILES string of the molecule is COc1cc(C(=O)/C=C/c2ccc3ncccc3c2)ccc1OC(F)F. The first-order valence-electron chi connectivity index (χ1n) is 7.77. The second kappa shape index (κ2) is 7.74. The predicted octanol–water partition coefficient (Wildman–Crippen LogP) is 4.74. The molecule has 0 aliphatic rings. The summed E-state index contributed by atoms with van der Waals surface area (Å²) in [6.07, 6.45) is 4.82. The van der Waals surface area contributed by atoms with Crippen LogP contribution in [0.4, 0.5) is 8.78 Å². The van der Waals surface area contributed by atoms with Gasteiger partial charge in [-0.2, -0.15) is 8.78 Å². The number of carbonyl (C=O) groups is 1. The average Bonchev–Trinajstić information content (AvgIpc) is 2.65. The number of pyridine rings is 1. The molecule has 1 heterocycles. The molecule has 3 rings (SSSR count). The number of alkyl halides is 2. The van der Waals surface area contributed by atoms with Gasteiger partial charge in [0, 0.05) is 17.1 Å². The Morgan fingerprint density at radius 2 is 1.96 bits per heavy atom. The van der Waals surface area contributed by atoms with Crippen LogP contribution in [0.2, 0.25) is 0 Å². The molecule has 26 heavy (non-hydrogen) atoms. The molecule has 0 saturated carbocycles. The molecule has 132 valence electrons. The molecular formula is C20H15F2NO3. The monoisotopic (exact) mass is 355 g/mol. The van der Waals surface area contributed by atoms with Gasteiger partial charge in [0.1, 0.15) is 0 Å². The number of fused-ring (bicyclic) bond motifs is 1. The van der Waals surface area contributed by atoms with E-state index >= 15 is 0 Å². The van der Waals surface area contributed by atoms with Gasteiger partial charge in [0.05, 0.1) is 12.6 Å². The largest absolute Gasteiger partial charge is 0.493 e. The zero-order chi connectivity index (χ0) is 18.5. The van der Waals surface area contributed by atoms with Gasteiger partial charge in [-0.1, -0.05) is 18.2 Å². The summed E-state index contributed by atoms with van der Waals surface area (Å²) < 4.78 is 34.1. The lowest BCUT2D eigenvalue weighted by atomic mass is 10.1. The van der Waals surface area contributed by atoms with Crippen molar-refractivity contribution < 1.29 is 23.0 Å². The maximum atomic E-state index is 12.4. The number of halogens is 2.